The van der Waals surface area contributed by atoms with Gasteiger partial charge in [0.1, 0.15) is 5.82 Å². The molecule has 0 aliphatic rings. The Morgan fingerprint density at radius 1 is 1.16 bits per heavy atom. The first-order chi connectivity index (χ1) is 8.97. The van der Waals surface area contributed by atoms with E-state index in [0.717, 1.165) is 9.64 Å². The molecule has 0 saturated heterocycles. The van der Waals surface area contributed by atoms with Crippen LogP contribution in [0.1, 0.15) is 10.4 Å². The predicted molar refractivity (Wildman–Crippen MR) is 78.5 cm³/mol. The molecule has 2 aromatic carbocycles. The van der Waals surface area contributed by atoms with Gasteiger partial charge in [-0.05, 0) is 52.9 Å². The highest BCUT2D eigenvalue weighted by molar-refractivity contribution is 14.1. The van der Waals surface area contributed by atoms with Crippen molar-refractivity contribution in [2.24, 2.45) is 0 Å². The van der Waals surface area contributed by atoms with Crippen molar-refractivity contribution in [2.75, 3.05) is 5.32 Å². The molecule has 2 rings (SSSR count). The highest BCUT2D eigenvalue weighted by Crippen LogP contribution is 2.26. The Hall–Kier alpha value is -1.21. The lowest BCUT2D eigenvalue weighted by Gasteiger charge is -2.08. The Labute approximate surface area is 126 Å². The zero-order valence-corrected chi connectivity index (χ0v) is 12.3. The molecule has 0 aliphatic heterocycles. The first-order valence-corrected chi connectivity index (χ1v) is 6.64. The fraction of sp³-hybridized carbons (Fsp3) is 0. The molecule has 0 aliphatic carbocycles. The summed E-state index contributed by atoms with van der Waals surface area (Å²) in [5.74, 6) is -2.22. The van der Waals surface area contributed by atoms with Crippen molar-refractivity contribution in [1.82, 2.24) is 0 Å². The van der Waals surface area contributed by atoms with Crippen molar-refractivity contribution in [3.05, 3.63) is 62.2 Å². The number of nitrogens with one attached hydrogen (secondary N) is 1. The van der Waals surface area contributed by atoms with Crippen LogP contribution in [0.25, 0.3) is 0 Å². The van der Waals surface area contributed by atoms with Gasteiger partial charge in [0.15, 0.2) is 5.82 Å². The van der Waals surface area contributed by atoms with Gasteiger partial charge in [0.05, 0.1) is 10.7 Å². The number of carbonyl (C=O) groups excluding carboxylic acids is 1. The highest BCUT2D eigenvalue weighted by Gasteiger charge is 2.14. The minimum Gasteiger partial charge on any atom is -0.318 e. The summed E-state index contributed by atoms with van der Waals surface area (Å²) in [6.45, 7) is 0. The molecule has 1 N–H and O–H groups in total. The smallest absolute Gasteiger partial charge is 0.255 e. The lowest BCUT2D eigenvalue weighted by Crippen LogP contribution is -2.13. The number of amides is 1. The van der Waals surface area contributed by atoms with Crippen molar-refractivity contribution in [1.29, 1.82) is 0 Å². The van der Waals surface area contributed by atoms with Gasteiger partial charge in [0, 0.05) is 15.2 Å². The Balaban J connectivity index is 2.26. The predicted octanol–water partition coefficient (Wildman–Crippen LogP) is 4.48. The quantitative estimate of drug-likeness (QED) is 0.749. The summed E-state index contributed by atoms with van der Waals surface area (Å²) in [4.78, 5) is 11.9. The molecule has 0 radical (unpaired) electrons. The van der Waals surface area contributed by atoms with Gasteiger partial charge in [-0.15, -0.1) is 0 Å². The molecule has 2 nitrogen and oxygen atoms in total. The lowest BCUT2D eigenvalue weighted by molar-refractivity contribution is 0.102. The number of rotatable bonds is 2. The third kappa shape index (κ3) is 3.42. The van der Waals surface area contributed by atoms with Gasteiger partial charge in [-0.1, -0.05) is 11.6 Å². The van der Waals surface area contributed by atoms with Crippen molar-refractivity contribution in [2.45, 2.75) is 0 Å². The molecule has 0 unspecified atom stereocenters. The molecule has 0 bridgehead atoms. The van der Waals surface area contributed by atoms with Crippen LogP contribution in [0.2, 0.25) is 5.02 Å². The molecular weight excluding hydrogens is 387 g/mol. The number of halogens is 4. The third-order valence-electron chi connectivity index (χ3n) is 2.35. The van der Waals surface area contributed by atoms with E-state index in [2.05, 4.69) is 27.9 Å². The fourth-order valence-electron chi connectivity index (χ4n) is 1.45. The summed E-state index contributed by atoms with van der Waals surface area (Å²) < 4.78 is 27.4. The Morgan fingerprint density at radius 2 is 1.79 bits per heavy atom. The summed E-state index contributed by atoms with van der Waals surface area (Å²) in [5, 5.41) is 2.14. The van der Waals surface area contributed by atoms with Crippen LogP contribution in [0, 0.1) is 15.2 Å². The molecule has 0 saturated carbocycles. The SMILES string of the molecule is O=C(Nc1c(F)cc(F)cc1Cl)c1ccc(I)cc1. The molecule has 1 amide bonds. The maximum Gasteiger partial charge on any atom is 0.255 e. The highest BCUT2D eigenvalue weighted by atomic mass is 127. The standard InChI is InChI=1S/C13H7ClF2INO/c14-10-5-8(15)6-11(16)12(10)18-13(19)7-1-3-9(17)4-2-7/h1-6H,(H,18,19). The molecule has 0 aromatic heterocycles. The van der Waals surface area contributed by atoms with Crippen LogP contribution in [0.15, 0.2) is 36.4 Å². The summed E-state index contributed by atoms with van der Waals surface area (Å²) in [6, 6.07) is 8.30. The van der Waals surface area contributed by atoms with Gasteiger partial charge < -0.3 is 5.32 Å². The second-order valence-electron chi connectivity index (χ2n) is 3.71. The molecular formula is C13H7ClF2INO. The normalized spacial score (nSPS) is 10.3. The van der Waals surface area contributed by atoms with E-state index in [-0.39, 0.29) is 10.7 Å². The molecule has 2 aromatic rings. The zero-order valence-electron chi connectivity index (χ0n) is 9.38. The van der Waals surface area contributed by atoms with Crippen LogP contribution in [0.5, 0.6) is 0 Å². The minimum absolute atomic E-state index is 0.184. The van der Waals surface area contributed by atoms with Crippen LogP contribution >= 0.6 is 34.2 Å². The molecule has 0 heterocycles. The Bertz CT molecular complexity index is 608. The fourth-order valence-corrected chi connectivity index (χ4v) is 2.05. The monoisotopic (exact) mass is 393 g/mol. The van der Waals surface area contributed by atoms with E-state index in [9.17, 15) is 13.6 Å². The van der Waals surface area contributed by atoms with Crippen LogP contribution < -0.4 is 5.32 Å². The minimum atomic E-state index is -0.913. The summed E-state index contributed by atoms with van der Waals surface area (Å²) in [5.41, 5.74) is 0.131. The number of carbonyl (C=O) groups is 1. The second kappa shape index (κ2) is 5.83. The average Bonchev–Trinajstić information content (AvgIpc) is 2.34. The van der Waals surface area contributed by atoms with Gasteiger partial charge in [-0.3, -0.25) is 4.79 Å². The van der Waals surface area contributed by atoms with Gasteiger partial charge >= 0.3 is 0 Å². The van der Waals surface area contributed by atoms with Gasteiger partial charge in [0.2, 0.25) is 0 Å². The largest absolute Gasteiger partial charge is 0.318 e. The number of benzene rings is 2. The summed E-state index contributed by atoms with van der Waals surface area (Å²) >= 11 is 7.80. The Kier molecular flexibility index (Phi) is 4.36. The lowest BCUT2D eigenvalue weighted by atomic mass is 10.2. The van der Waals surface area contributed by atoms with E-state index in [1.54, 1.807) is 24.3 Å². The third-order valence-corrected chi connectivity index (χ3v) is 3.37. The van der Waals surface area contributed by atoms with Gasteiger partial charge in [-0.25, -0.2) is 8.78 Å². The maximum atomic E-state index is 13.5. The molecule has 0 atom stereocenters. The first kappa shape index (κ1) is 14.2. The van der Waals surface area contributed by atoms with E-state index < -0.39 is 17.5 Å². The van der Waals surface area contributed by atoms with E-state index in [1.165, 1.54) is 0 Å². The average molecular weight is 394 g/mol. The topological polar surface area (TPSA) is 29.1 Å². The van der Waals surface area contributed by atoms with Crippen LogP contribution in [0.4, 0.5) is 14.5 Å². The Morgan fingerprint density at radius 3 is 2.37 bits per heavy atom. The number of hydrogen-bond acceptors (Lipinski definition) is 1. The van der Waals surface area contributed by atoms with Gasteiger partial charge in [0.25, 0.3) is 5.91 Å². The van der Waals surface area contributed by atoms with Crippen molar-refractivity contribution in [3.63, 3.8) is 0 Å². The van der Waals surface area contributed by atoms with Crippen molar-refractivity contribution in [3.8, 4) is 0 Å². The van der Waals surface area contributed by atoms with Crippen LogP contribution in [0.3, 0.4) is 0 Å². The molecule has 98 valence electrons. The number of hydrogen-bond donors (Lipinski definition) is 1. The molecule has 0 spiro atoms. The summed E-state index contributed by atoms with van der Waals surface area (Å²) in [6.07, 6.45) is 0. The van der Waals surface area contributed by atoms with Crippen molar-refractivity contribution >= 4 is 45.8 Å². The zero-order chi connectivity index (χ0) is 14.0. The first-order valence-electron chi connectivity index (χ1n) is 5.19. The van der Waals surface area contributed by atoms with E-state index >= 15 is 0 Å². The van der Waals surface area contributed by atoms with Crippen LogP contribution in [-0.2, 0) is 0 Å². The summed E-state index contributed by atoms with van der Waals surface area (Å²) in [7, 11) is 0. The maximum absolute atomic E-state index is 13.5. The van der Waals surface area contributed by atoms with Crippen LogP contribution in [-0.4, -0.2) is 5.91 Å². The van der Waals surface area contributed by atoms with Gasteiger partial charge in [-0.2, -0.15) is 0 Å². The number of anilines is 1. The molecule has 6 heteroatoms. The molecule has 19 heavy (non-hydrogen) atoms. The van der Waals surface area contributed by atoms with E-state index in [1.807, 2.05) is 0 Å². The van der Waals surface area contributed by atoms with E-state index in [4.69, 9.17) is 11.6 Å². The van der Waals surface area contributed by atoms with Crippen molar-refractivity contribution < 1.29 is 13.6 Å². The second-order valence-corrected chi connectivity index (χ2v) is 5.36. The molecule has 0 fully saturated rings. The van der Waals surface area contributed by atoms with E-state index in [0.29, 0.717) is 11.6 Å².